The number of nitrogens with two attached hydrogens (primary N) is 1. The fourth-order valence-corrected chi connectivity index (χ4v) is 3.96. The lowest BCUT2D eigenvalue weighted by atomic mass is 10.2. The largest absolute Gasteiger partial charge is 0.383 e. The SMILES string of the molecule is Cc1nc(N)c2c(C)c(C(=O)Nc3c(C)noc3C3CC3)sc2n1. The summed E-state index contributed by atoms with van der Waals surface area (Å²) in [6.45, 7) is 5.48. The normalized spacial score (nSPS) is 14.3. The molecule has 0 radical (unpaired) electrons. The lowest BCUT2D eigenvalue weighted by molar-refractivity contribution is 0.102. The van der Waals surface area contributed by atoms with Crippen molar-refractivity contribution in [3.8, 4) is 0 Å². The summed E-state index contributed by atoms with van der Waals surface area (Å²) in [5.74, 6) is 1.95. The van der Waals surface area contributed by atoms with Crippen LogP contribution in [0.25, 0.3) is 10.2 Å². The number of carbonyl (C=O) groups excluding carboxylic acids is 1. The minimum absolute atomic E-state index is 0.194. The highest BCUT2D eigenvalue weighted by atomic mass is 32.1. The molecule has 0 spiro atoms. The molecule has 0 aromatic carbocycles. The van der Waals surface area contributed by atoms with Gasteiger partial charge in [-0.05, 0) is 39.2 Å². The van der Waals surface area contributed by atoms with Crippen LogP contribution in [-0.2, 0) is 0 Å². The number of nitrogens with one attached hydrogen (secondary N) is 1. The van der Waals surface area contributed by atoms with Gasteiger partial charge in [0.1, 0.15) is 27.9 Å². The van der Waals surface area contributed by atoms with Crippen LogP contribution in [0.1, 0.15) is 51.3 Å². The summed E-state index contributed by atoms with van der Waals surface area (Å²) in [7, 11) is 0. The number of rotatable bonds is 3. The zero-order chi connectivity index (χ0) is 17.0. The summed E-state index contributed by atoms with van der Waals surface area (Å²) in [6.07, 6.45) is 2.15. The molecule has 124 valence electrons. The van der Waals surface area contributed by atoms with Gasteiger partial charge in [-0.1, -0.05) is 5.16 Å². The zero-order valence-electron chi connectivity index (χ0n) is 13.6. The van der Waals surface area contributed by atoms with Crippen molar-refractivity contribution in [2.45, 2.75) is 39.5 Å². The topological polar surface area (TPSA) is 107 Å². The molecule has 1 amide bonds. The average Bonchev–Trinajstić information content (AvgIpc) is 3.22. The Morgan fingerprint density at radius 2 is 2.04 bits per heavy atom. The highest BCUT2D eigenvalue weighted by Crippen LogP contribution is 2.44. The van der Waals surface area contributed by atoms with Crippen LogP contribution >= 0.6 is 11.3 Å². The molecule has 0 bridgehead atoms. The number of thiophene rings is 1. The number of aromatic nitrogens is 3. The van der Waals surface area contributed by atoms with Gasteiger partial charge < -0.3 is 15.6 Å². The maximum absolute atomic E-state index is 12.8. The number of aryl methyl sites for hydroxylation is 3. The molecule has 3 N–H and O–H groups in total. The number of carbonyl (C=O) groups is 1. The summed E-state index contributed by atoms with van der Waals surface area (Å²) in [4.78, 5) is 22.7. The first-order valence-electron chi connectivity index (χ1n) is 7.76. The lowest BCUT2D eigenvalue weighted by Gasteiger charge is -2.04. The van der Waals surface area contributed by atoms with Crippen molar-refractivity contribution >= 4 is 39.0 Å². The Morgan fingerprint density at radius 1 is 1.29 bits per heavy atom. The number of nitrogens with zero attached hydrogens (tertiary/aromatic N) is 3. The van der Waals surface area contributed by atoms with Crippen LogP contribution in [0.4, 0.5) is 11.5 Å². The lowest BCUT2D eigenvalue weighted by Crippen LogP contribution is -2.12. The van der Waals surface area contributed by atoms with Gasteiger partial charge in [-0.25, -0.2) is 9.97 Å². The molecule has 24 heavy (non-hydrogen) atoms. The minimum atomic E-state index is -0.194. The maximum Gasteiger partial charge on any atom is 0.266 e. The van der Waals surface area contributed by atoms with Crippen molar-refractivity contribution < 1.29 is 9.32 Å². The second-order valence-corrected chi connectivity index (χ2v) is 7.13. The number of hydrogen-bond donors (Lipinski definition) is 2. The molecule has 4 rings (SSSR count). The standard InChI is InChI=1S/C16H17N5O2S/c1-6-10-14(17)18-8(3)19-16(10)24-13(6)15(22)20-11-7(2)21-23-12(11)9-4-5-9/h9H,4-5H2,1-3H3,(H,20,22)(H2,17,18,19). The van der Waals surface area contributed by atoms with E-state index in [1.54, 1.807) is 6.92 Å². The van der Waals surface area contributed by atoms with Crippen LogP contribution in [0, 0.1) is 20.8 Å². The van der Waals surface area contributed by atoms with E-state index < -0.39 is 0 Å². The van der Waals surface area contributed by atoms with Gasteiger partial charge in [-0.2, -0.15) is 0 Å². The number of fused-ring (bicyclic) bond motifs is 1. The fraction of sp³-hybridized carbons (Fsp3) is 0.375. The number of anilines is 2. The van der Waals surface area contributed by atoms with Gasteiger partial charge in [0.15, 0.2) is 5.76 Å². The molecule has 7 nitrogen and oxygen atoms in total. The van der Waals surface area contributed by atoms with Crippen LogP contribution < -0.4 is 11.1 Å². The number of nitrogen functional groups attached to an aromatic ring is 1. The molecule has 3 aromatic heterocycles. The molecule has 0 saturated heterocycles. The number of amides is 1. The van der Waals surface area contributed by atoms with E-state index in [0.29, 0.717) is 33.8 Å². The Balaban J connectivity index is 1.73. The predicted molar refractivity (Wildman–Crippen MR) is 92.5 cm³/mol. The Kier molecular flexibility index (Phi) is 3.31. The van der Waals surface area contributed by atoms with Crippen molar-refractivity contribution in [1.29, 1.82) is 0 Å². The fourth-order valence-electron chi connectivity index (χ4n) is 2.83. The molecule has 3 aromatic rings. The summed E-state index contributed by atoms with van der Waals surface area (Å²) in [5.41, 5.74) is 8.18. The molecule has 1 aliphatic rings. The van der Waals surface area contributed by atoms with Crippen LogP contribution in [0.3, 0.4) is 0 Å². The van der Waals surface area contributed by atoms with Gasteiger partial charge in [-0.15, -0.1) is 11.3 Å². The Hall–Kier alpha value is -2.48. The second kappa shape index (κ2) is 5.27. The van der Waals surface area contributed by atoms with Crippen LogP contribution in [0.15, 0.2) is 4.52 Å². The highest BCUT2D eigenvalue weighted by molar-refractivity contribution is 7.20. The minimum Gasteiger partial charge on any atom is -0.383 e. The molecule has 3 heterocycles. The maximum atomic E-state index is 12.8. The summed E-state index contributed by atoms with van der Waals surface area (Å²) < 4.78 is 5.38. The number of hydrogen-bond acceptors (Lipinski definition) is 7. The Bertz CT molecular complexity index is 971. The quantitative estimate of drug-likeness (QED) is 0.755. The van der Waals surface area contributed by atoms with Crippen molar-refractivity contribution in [3.05, 3.63) is 27.7 Å². The summed E-state index contributed by atoms with van der Waals surface area (Å²) in [5, 5.41) is 7.70. The van der Waals surface area contributed by atoms with E-state index in [4.69, 9.17) is 10.3 Å². The van der Waals surface area contributed by atoms with E-state index in [2.05, 4.69) is 20.4 Å². The van der Waals surface area contributed by atoms with Crippen molar-refractivity contribution in [3.63, 3.8) is 0 Å². The average molecular weight is 343 g/mol. The smallest absolute Gasteiger partial charge is 0.266 e. The van der Waals surface area contributed by atoms with Gasteiger partial charge in [0, 0.05) is 5.92 Å². The van der Waals surface area contributed by atoms with E-state index in [1.807, 2.05) is 13.8 Å². The third kappa shape index (κ3) is 2.34. The molecule has 8 heteroatoms. The highest BCUT2D eigenvalue weighted by Gasteiger charge is 2.32. The first kappa shape index (κ1) is 15.1. The third-order valence-corrected chi connectivity index (χ3v) is 5.40. The van der Waals surface area contributed by atoms with Crippen LogP contribution in [0.5, 0.6) is 0 Å². The zero-order valence-corrected chi connectivity index (χ0v) is 14.5. The molecule has 1 saturated carbocycles. The molecular formula is C16H17N5O2S. The van der Waals surface area contributed by atoms with Gasteiger partial charge >= 0.3 is 0 Å². The van der Waals surface area contributed by atoms with E-state index >= 15 is 0 Å². The first-order valence-corrected chi connectivity index (χ1v) is 8.58. The van der Waals surface area contributed by atoms with Gasteiger partial charge in [-0.3, -0.25) is 4.79 Å². The van der Waals surface area contributed by atoms with Gasteiger partial charge in [0.05, 0.1) is 10.3 Å². The molecule has 0 atom stereocenters. The van der Waals surface area contributed by atoms with E-state index in [1.165, 1.54) is 11.3 Å². The van der Waals surface area contributed by atoms with Crippen LogP contribution in [0.2, 0.25) is 0 Å². The van der Waals surface area contributed by atoms with E-state index in [-0.39, 0.29) is 5.91 Å². The second-order valence-electron chi connectivity index (χ2n) is 6.13. The molecule has 0 aliphatic heterocycles. The molecular weight excluding hydrogens is 326 g/mol. The first-order chi connectivity index (χ1) is 11.5. The van der Waals surface area contributed by atoms with Crippen LogP contribution in [-0.4, -0.2) is 21.0 Å². The van der Waals surface area contributed by atoms with Gasteiger partial charge in [0.2, 0.25) is 0 Å². The Morgan fingerprint density at radius 3 is 2.75 bits per heavy atom. The molecule has 1 fully saturated rings. The van der Waals surface area contributed by atoms with Crippen molar-refractivity contribution in [2.24, 2.45) is 0 Å². The van der Waals surface area contributed by atoms with Crippen molar-refractivity contribution in [2.75, 3.05) is 11.1 Å². The summed E-state index contributed by atoms with van der Waals surface area (Å²) >= 11 is 1.32. The van der Waals surface area contributed by atoms with E-state index in [9.17, 15) is 4.79 Å². The molecule has 1 aliphatic carbocycles. The molecule has 0 unspecified atom stereocenters. The summed E-state index contributed by atoms with van der Waals surface area (Å²) in [6, 6.07) is 0. The monoisotopic (exact) mass is 343 g/mol. The van der Waals surface area contributed by atoms with Gasteiger partial charge in [0.25, 0.3) is 5.91 Å². The van der Waals surface area contributed by atoms with E-state index in [0.717, 1.165) is 34.4 Å². The van der Waals surface area contributed by atoms with Crippen molar-refractivity contribution in [1.82, 2.24) is 15.1 Å². The Labute approximate surface area is 142 Å². The predicted octanol–water partition coefficient (Wildman–Crippen LogP) is 3.32. The third-order valence-electron chi connectivity index (χ3n) is 4.21.